The van der Waals surface area contributed by atoms with Crippen LogP contribution in [0.25, 0.3) is 0 Å². The minimum absolute atomic E-state index is 0.122. The summed E-state index contributed by atoms with van der Waals surface area (Å²) in [5, 5.41) is 0. The number of hydrogen-bond acceptors (Lipinski definition) is 1. The molecule has 0 aliphatic heterocycles. The number of Topliss-reactive ketones (excluding diaryl/α,β-unsaturated/α-hetero) is 1. The summed E-state index contributed by atoms with van der Waals surface area (Å²) < 4.78 is 37.5. The SMILES string of the molecule is CCCC(C)CC(=O)C1CCC(C(F)(F)F)CC1. The largest absolute Gasteiger partial charge is 0.391 e. The van der Waals surface area contributed by atoms with Crippen molar-refractivity contribution >= 4 is 5.78 Å². The molecule has 0 heterocycles. The summed E-state index contributed by atoms with van der Waals surface area (Å²) in [5.74, 6) is -0.767. The fourth-order valence-corrected chi connectivity index (χ4v) is 2.85. The number of halogens is 3. The van der Waals surface area contributed by atoms with Crippen molar-refractivity contribution in [3.63, 3.8) is 0 Å². The Morgan fingerprint density at radius 3 is 2.22 bits per heavy atom. The van der Waals surface area contributed by atoms with Gasteiger partial charge in [0.15, 0.2) is 0 Å². The van der Waals surface area contributed by atoms with E-state index in [0.29, 0.717) is 25.2 Å². The third kappa shape index (κ3) is 4.62. The van der Waals surface area contributed by atoms with Crippen LogP contribution >= 0.6 is 0 Å². The lowest BCUT2D eigenvalue weighted by atomic mass is 9.78. The molecule has 1 unspecified atom stereocenters. The van der Waals surface area contributed by atoms with Gasteiger partial charge in [0.25, 0.3) is 0 Å². The molecule has 0 spiro atoms. The lowest BCUT2D eigenvalue weighted by Gasteiger charge is -2.29. The van der Waals surface area contributed by atoms with Crippen LogP contribution in [0.4, 0.5) is 13.2 Å². The Morgan fingerprint density at radius 2 is 1.78 bits per heavy atom. The van der Waals surface area contributed by atoms with Crippen molar-refractivity contribution in [3.8, 4) is 0 Å². The van der Waals surface area contributed by atoms with E-state index in [-0.39, 0.29) is 24.5 Å². The molecule has 0 radical (unpaired) electrons. The van der Waals surface area contributed by atoms with Gasteiger partial charge in [-0.1, -0.05) is 26.7 Å². The molecule has 1 rings (SSSR count). The second-order valence-electron chi connectivity index (χ2n) is 5.65. The van der Waals surface area contributed by atoms with Crippen molar-refractivity contribution < 1.29 is 18.0 Å². The Bertz CT molecular complexity index is 265. The highest BCUT2D eigenvalue weighted by Gasteiger charge is 2.42. The quantitative estimate of drug-likeness (QED) is 0.700. The first kappa shape index (κ1) is 15.5. The van der Waals surface area contributed by atoms with E-state index < -0.39 is 12.1 Å². The Morgan fingerprint density at radius 1 is 1.22 bits per heavy atom. The topological polar surface area (TPSA) is 17.1 Å². The Hall–Kier alpha value is -0.540. The fourth-order valence-electron chi connectivity index (χ4n) is 2.85. The van der Waals surface area contributed by atoms with Crippen LogP contribution in [0.1, 0.15) is 58.8 Å². The highest BCUT2D eigenvalue weighted by molar-refractivity contribution is 5.81. The summed E-state index contributed by atoms with van der Waals surface area (Å²) in [7, 11) is 0. The van der Waals surface area contributed by atoms with Gasteiger partial charge in [0.2, 0.25) is 0 Å². The third-order valence-electron chi connectivity index (χ3n) is 3.98. The molecule has 1 nitrogen and oxygen atoms in total. The molecule has 1 saturated carbocycles. The molecule has 0 aromatic rings. The van der Waals surface area contributed by atoms with Crippen LogP contribution in [0.5, 0.6) is 0 Å². The van der Waals surface area contributed by atoms with E-state index in [1.807, 2.05) is 6.92 Å². The van der Waals surface area contributed by atoms with E-state index in [4.69, 9.17) is 0 Å². The molecule has 0 amide bonds. The molecule has 0 N–H and O–H groups in total. The van der Waals surface area contributed by atoms with Crippen molar-refractivity contribution in [3.05, 3.63) is 0 Å². The summed E-state index contributed by atoms with van der Waals surface area (Å²) >= 11 is 0. The maximum Gasteiger partial charge on any atom is 0.391 e. The molecule has 1 atom stereocenters. The average Bonchev–Trinajstić information content (AvgIpc) is 2.28. The van der Waals surface area contributed by atoms with Gasteiger partial charge in [-0.3, -0.25) is 4.79 Å². The molecule has 106 valence electrons. The first-order valence-electron chi connectivity index (χ1n) is 6.94. The van der Waals surface area contributed by atoms with Gasteiger partial charge in [-0.05, 0) is 31.6 Å². The summed E-state index contributed by atoms with van der Waals surface area (Å²) in [6, 6.07) is 0. The zero-order chi connectivity index (χ0) is 13.8. The summed E-state index contributed by atoms with van der Waals surface area (Å²) in [5.41, 5.74) is 0. The van der Waals surface area contributed by atoms with E-state index in [2.05, 4.69) is 6.92 Å². The van der Waals surface area contributed by atoms with E-state index in [9.17, 15) is 18.0 Å². The predicted octanol–water partition coefficient (Wildman–Crippen LogP) is 4.75. The first-order valence-corrected chi connectivity index (χ1v) is 6.94. The summed E-state index contributed by atoms with van der Waals surface area (Å²) in [6.45, 7) is 4.12. The highest BCUT2D eigenvalue weighted by Crippen LogP contribution is 2.40. The maximum atomic E-state index is 12.5. The highest BCUT2D eigenvalue weighted by atomic mass is 19.4. The normalized spacial score (nSPS) is 26.9. The Kier molecular flexibility index (Phi) is 5.67. The molecule has 0 aromatic heterocycles. The Balaban J connectivity index is 2.36. The van der Waals surface area contributed by atoms with Gasteiger partial charge >= 0.3 is 6.18 Å². The van der Waals surface area contributed by atoms with Crippen LogP contribution in [0.3, 0.4) is 0 Å². The predicted molar refractivity (Wildman–Crippen MR) is 65.2 cm³/mol. The van der Waals surface area contributed by atoms with Crippen LogP contribution in [-0.2, 0) is 4.79 Å². The van der Waals surface area contributed by atoms with E-state index in [1.54, 1.807) is 0 Å². The number of hydrogen-bond donors (Lipinski definition) is 0. The molecule has 4 heteroatoms. The molecule has 0 saturated heterocycles. The maximum absolute atomic E-state index is 12.5. The van der Waals surface area contributed by atoms with Gasteiger partial charge < -0.3 is 0 Å². The van der Waals surface area contributed by atoms with Crippen LogP contribution in [0.2, 0.25) is 0 Å². The van der Waals surface area contributed by atoms with Crippen molar-refractivity contribution in [1.82, 2.24) is 0 Å². The molecule has 18 heavy (non-hydrogen) atoms. The molecule has 1 aliphatic carbocycles. The molecule has 0 aromatic carbocycles. The monoisotopic (exact) mass is 264 g/mol. The van der Waals surface area contributed by atoms with Crippen molar-refractivity contribution in [1.29, 1.82) is 0 Å². The average molecular weight is 264 g/mol. The second-order valence-corrected chi connectivity index (χ2v) is 5.65. The van der Waals surface area contributed by atoms with Gasteiger partial charge in [0.1, 0.15) is 5.78 Å². The zero-order valence-corrected chi connectivity index (χ0v) is 11.2. The van der Waals surface area contributed by atoms with Crippen molar-refractivity contribution in [2.75, 3.05) is 0 Å². The van der Waals surface area contributed by atoms with Crippen molar-refractivity contribution in [2.24, 2.45) is 17.8 Å². The number of rotatable bonds is 5. The van der Waals surface area contributed by atoms with E-state index in [0.717, 1.165) is 12.8 Å². The zero-order valence-electron chi connectivity index (χ0n) is 11.2. The van der Waals surface area contributed by atoms with E-state index in [1.165, 1.54) is 0 Å². The Labute approximate surface area is 107 Å². The van der Waals surface area contributed by atoms with E-state index >= 15 is 0 Å². The van der Waals surface area contributed by atoms with Crippen molar-refractivity contribution in [2.45, 2.75) is 65.0 Å². The minimum Gasteiger partial charge on any atom is -0.299 e. The van der Waals surface area contributed by atoms with Gasteiger partial charge in [-0.25, -0.2) is 0 Å². The van der Waals surface area contributed by atoms with Gasteiger partial charge in [-0.15, -0.1) is 0 Å². The molecular formula is C14H23F3O. The summed E-state index contributed by atoms with van der Waals surface area (Å²) in [6.07, 6.45) is -0.383. The summed E-state index contributed by atoms with van der Waals surface area (Å²) in [4.78, 5) is 12.0. The lowest BCUT2D eigenvalue weighted by molar-refractivity contribution is -0.184. The number of carbonyl (C=O) groups is 1. The number of carbonyl (C=O) groups excluding carboxylic acids is 1. The van der Waals surface area contributed by atoms with Crippen LogP contribution in [-0.4, -0.2) is 12.0 Å². The van der Waals surface area contributed by atoms with Crippen LogP contribution in [0.15, 0.2) is 0 Å². The number of ketones is 1. The minimum atomic E-state index is -4.08. The van der Waals surface area contributed by atoms with Gasteiger partial charge in [0, 0.05) is 12.3 Å². The standard InChI is InChI=1S/C14H23F3O/c1-3-4-10(2)9-13(18)11-5-7-12(8-6-11)14(15,16)17/h10-12H,3-9H2,1-2H3. The number of alkyl halides is 3. The lowest BCUT2D eigenvalue weighted by Crippen LogP contribution is -2.30. The molecule has 1 aliphatic rings. The van der Waals surface area contributed by atoms with Crippen LogP contribution < -0.4 is 0 Å². The molecule has 0 bridgehead atoms. The smallest absolute Gasteiger partial charge is 0.299 e. The van der Waals surface area contributed by atoms with Gasteiger partial charge in [-0.2, -0.15) is 13.2 Å². The first-order chi connectivity index (χ1) is 8.34. The third-order valence-corrected chi connectivity index (χ3v) is 3.98. The molecule has 1 fully saturated rings. The van der Waals surface area contributed by atoms with Gasteiger partial charge in [0.05, 0.1) is 5.92 Å². The fraction of sp³-hybridized carbons (Fsp3) is 0.929. The molecular weight excluding hydrogens is 241 g/mol. The second kappa shape index (κ2) is 6.58. The van der Waals surface area contributed by atoms with Crippen LogP contribution in [0, 0.1) is 17.8 Å².